The number of anilines is 2. The Morgan fingerprint density at radius 3 is 2.67 bits per heavy atom. The molecule has 2 N–H and O–H groups in total. The number of benzene rings is 1. The Bertz CT molecular complexity index is 981. The average Bonchev–Trinajstić information content (AvgIpc) is 3.06. The molecule has 0 spiro atoms. The molecule has 9 heteroatoms. The maximum absolute atomic E-state index is 12.3. The zero-order valence-electron chi connectivity index (χ0n) is 15.7. The minimum Gasteiger partial charge on any atom is -0.506 e. The predicted molar refractivity (Wildman–Crippen MR) is 103 cm³/mol. The van der Waals surface area contributed by atoms with Crippen LogP contribution in [0, 0.1) is 13.8 Å². The molecule has 1 aliphatic rings. The van der Waals surface area contributed by atoms with Gasteiger partial charge < -0.3 is 10.4 Å². The van der Waals surface area contributed by atoms with Crippen molar-refractivity contribution in [3.63, 3.8) is 0 Å². The SMILES string of the molecule is Cc1nn(C)c(C)c1CCC(=O)Nc1cc(N2CCCS2(=O)=O)ccc1O. The van der Waals surface area contributed by atoms with E-state index < -0.39 is 10.0 Å². The fraction of sp³-hybridized carbons (Fsp3) is 0.444. The lowest BCUT2D eigenvalue weighted by Crippen LogP contribution is -2.25. The third-order valence-electron chi connectivity index (χ3n) is 4.90. The molecule has 2 aromatic rings. The van der Waals surface area contributed by atoms with Crippen LogP contribution in [0.4, 0.5) is 11.4 Å². The fourth-order valence-electron chi connectivity index (χ4n) is 3.34. The van der Waals surface area contributed by atoms with E-state index in [4.69, 9.17) is 0 Å². The van der Waals surface area contributed by atoms with Gasteiger partial charge in [-0.3, -0.25) is 13.8 Å². The third kappa shape index (κ3) is 3.92. The first kappa shape index (κ1) is 19.2. The first-order chi connectivity index (χ1) is 12.7. The largest absolute Gasteiger partial charge is 0.506 e. The monoisotopic (exact) mass is 392 g/mol. The number of hydrogen-bond donors (Lipinski definition) is 2. The Labute approximate surface area is 158 Å². The lowest BCUT2D eigenvalue weighted by molar-refractivity contribution is -0.116. The highest BCUT2D eigenvalue weighted by atomic mass is 32.2. The number of hydrogen-bond acceptors (Lipinski definition) is 5. The zero-order chi connectivity index (χ0) is 19.8. The smallest absolute Gasteiger partial charge is 0.235 e. The Balaban J connectivity index is 1.71. The minimum absolute atomic E-state index is 0.0996. The van der Waals surface area contributed by atoms with Crippen LogP contribution < -0.4 is 9.62 Å². The van der Waals surface area contributed by atoms with Gasteiger partial charge >= 0.3 is 0 Å². The average molecular weight is 392 g/mol. The van der Waals surface area contributed by atoms with Crippen LogP contribution in [0.15, 0.2) is 18.2 Å². The van der Waals surface area contributed by atoms with E-state index in [0.717, 1.165) is 17.0 Å². The molecule has 146 valence electrons. The summed E-state index contributed by atoms with van der Waals surface area (Å²) in [5.41, 5.74) is 3.60. The number of aromatic hydroxyl groups is 1. The molecule has 1 amide bonds. The first-order valence-electron chi connectivity index (χ1n) is 8.81. The number of aromatic nitrogens is 2. The maximum Gasteiger partial charge on any atom is 0.235 e. The van der Waals surface area contributed by atoms with Gasteiger partial charge in [0, 0.05) is 25.7 Å². The van der Waals surface area contributed by atoms with Gasteiger partial charge in [0.1, 0.15) is 5.75 Å². The summed E-state index contributed by atoms with van der Waals surface area (Å²) in [6.07, 6.45) is 1.34. The maximum atomic E-state index is 12.3. The fourth-order valence-corrected chi connectivity index (χ4v) is 4.90. The van der Waals surface area contributed by atoms with Gasteiger partial charge in [-0.05, 0) is 50.5 Å². The van der Waals surface area contributed by atoms with Crippen LogP contribution in [0.3, 0.4) is 0 Å². The van der Waals surface area contributed by atoms with E-state index >= 15 is 0 Å². The Hall–Kier alpha value is -2.55. The normalized spacial score (nSPS) is 15.9. The van der Waals surface area contributed by atoms with Gasteiger partial charge in [-0.25, -0.2) is 8.42 Å². The van der Waals surface area contributed by atoms with Crippen molar-refractivity contribution >= 4 is 27.3 Å². The molecule has 1 aromatic heterocycles. The molecular formula is C18H24N4O4S. The summed E-state index contributed by atoms with van der Waals surface area (Å²) >= 11 is 0. The van der Waals surface area contributed by atoms with E-state index in [1.807, 2.05) is 20.9 Å². The van der Waals surface area contributed by atoms with E-state index in [0.29, 0.717) is 25.1 Å². The highest BCUT2D eigenvalue weighted by Crippen LogP contribution is 2.32. The van der Waals surface area contributed by atoms with Crippen LogP contribution in [0.25, 0.3) is 0 Å². The summed E-state index contributed by atoms with van der Waals surface area (Å²) < 4.78 is 27.2. The van der Waals surface area contributed by atoms with Crippen molar-refractivity contribution in [3.8, 4) is 5.75 Å². The molecule has 2 heterocycles. The van der Waals surface area contributed by atoms with E-state index in [1.54, 1.807) is 4.68 Å². The Kier molecular flexibility index (Phi) is 5.14. The molecule has 0 radical (unpaired) electrons. The number of amides is 1. The summed E-state index contributed by atoms with van der Waals surface area (Å²) in [5.74, 6) is -0.244. The van der Waals surface area contributed by atoms with Gasteiger partial charge in [0.05, 0.1) is 22.8 Å². The second-order valence-electron chi connectivity index (χ2n) is 6.76. The number of carbonyl (C=O) groups excluding carboxylic acids is 1. The third-order valence-corrected chi connectivity index (χ3v) is 6.77. The van der Waals surface area contributed by atoms with Crippen LogP contribution in [0.5, 0.6) is 5.75 Å². The van der Waals surface area contributed by atoms with Gasteiger partial charge in [-0.15, -0.1) is 0 Å². The zero-order valence-corrected chi connectivity index (χ0v) is 16.5. The lowest BCUT2D eigenvalue weighted by atomic mass is 10.1. The summed E-state index contributed by atoms with van der Waals surface area (Å²) in [7, 11) is -1.46. The molecule has 0 aliphatic carbocycles. The minimum atomic E-state index is -3.32. The number of nitrogens with one attached hydrogen (secondary N) is 1. The number of aryl methyl sites for hydroxylation is 2. The quantitative estimate of drug-likeness (QED) is 0.756. The molecule has 3 rings (SSSR count). The van der Waals surface area contributed by atoms with Crippen molar-refractivity contribution in [1.29, 1.82) is 0 Å². The molecule has 1 aromatic carbocycles. The topological polar surface area (TPSA) is 105 Å². The second kappa shape index (κ2) is 7.22. The van der Waals surface area contributed by atoms with E-state index in [2.05, 4.69) is 10.4 Å². The molecule has 27 heavy (non-hydrogen) atoms. The Morgan fingerprint density at radius 2 is 2.07 bits per heavy atom. The van der Waals surface area contributed by atoms with Crippen molar-refractivity contribution in [2.24, 2.45) is 7.05 Å². The number of phenolic OH excluding ortho intramolecular Hbond substituents is 1. The van der Waals surface area contributed by atoms with Crippen molar-refractivity contribution in [2.75, 3.05) is 21.9 Å². The van der Waals surface area contributed by atoms with Crippen LogP contribution in [0.1, 0.15) is 29.8 Å². The molecule has 0 bridgehead atoms. The Morgan fingerprint density at radius 1 is 1.33 bits per heavy atom. The van der Waals surface area contributed by atoms with Crippen LogP contribution in [0.2, 0.25) is 0 Å². The molecule has 0 saturated carbocycles. The second-order valence-corrected chi connectivity index (χ2v) is 8.78. The van der Waals surface area contributed by atoms with E-state index in [1.165, 1.54) is 22.5 Å². The number of phenols is 1. The van der Waals surface area contributed by atoms with Crippen molar-refractivity contribution < 1.29 is 18.3 Å². The lowest BCUT2D eigenvalue weighted by Gasteiger charge is -2.18. The summed E-state index contributed by atoms with van der Waals surface area (Å²) in [6.45, 7) is 4.27. The van der Waals surface area contributed by atoms with Gasteiger partial charge in [0.15, 0.2) is 0 Å². The summed E-state index contributed by atoms with van der Waals surface area (Å²) in [6, 6.07) is 4.43. The first-order valence-corrected chi connectivity index (χ1v) is 10.4. The number of sulfonamides is 1. The summed E-state index contributed by atoms with van der Waals surface area (Å²) in [5, 5.41) is 17.1. The number of rotatable bonds is 5. The van der Waals surface area contributed by atoms with Gasteiger partial charge in [-0.1, -0.05) is 0 Å². The van der Waals surface area contributed by atoms with E-state index in [9.17, 15) is 18.3 Å². The molecular weight excluding hydrogens is 368 g/mol. The van der Waals surface area contributed by atoms with E-state index in [-0.39, 0.29) is 29.5 Å². The van der Waals surface area contributed by atoms with Crippen molar-refractivity contribution in [3.05, 3.63) is 35.2 Å². The van der Waals surface area contributed by atoms with Crippen molar-refractivity contribution in [1.82, 2.24) is 9.78 Å². The number of nitrogens with zero attached hydrogens (tertiary/aromatic N) is 3. The van der Waals surface area contributed by atoms with Crippen molar-refractivity contribution in [2.45, 2.75) is 33.1 Å². The van der Waals surface area contributed by atoms with Gasteiger partial charge in [-0.2, -0.15) is 5.10 Å². The molecule has 0 unspecified atom stereocenters. The van der Waals surface area contributed by atoms with Crippen LogP contribution in [-0.2, 0) is 28.3 Å². The molecule has 0 atom stereocenters. The molecule has 1 saturated heterocycles. The van der Waals surface area contributed by atoms with Gasteiger partial charge in [0.2, 0.25) is 15.9 Å². The van der Waals surface area contributed by atoms with Crippen LogP contribution >= 0.6 is 0 Å². The standard InChI is InChI=1S/C18H24N4O4S/c1-12-15(13(2)21(3)20-12)6-8-18(24)19-16-11-14(5-7-17(16)23)22-9-4-10-27(22,25)26/h5,7,11,23H,4,6,8-10H2,1-3H3,(H,19,24). The number of carbonyl (C=O) groups is 1. The van der Waals surface area contributed by atoms with Gasteiger partial charge in [0.25, 0.3) is 0 Å². The molecule has 1 aliphatic heterocycles. The molecule has 1 fully saturated rings. The molecule has 8 nitrogen and oxygen atoms in total. The highest BCUT2D eigenvalue weighted by molar-refractivity contribution is 7.93. The predicted octanol–water partition coefficient (Wildman–Crippen LogP) is 1.85. The highest BCUT2D eigenvalue weighted by Gasteiger charge is 2.29. The van der Waals surface area contributed by atoms with Crippen LogP contribution in [-0.4, -0.2) is 41.5 Å². The summed E-state index contributed by atoms with van der Waals surface area (Å²) in [4.78, 5) is 12.3.